The van der Waals surface area contributed by atoms with E-state index in [9.17, 15) is 13.8 Å². The maximum Gasteiger partial charge on any atom is 0.276 e. The van der Waals surface area contributed by atoms with Crippen LogP contribution in [0.3, 0.4) is 0 Å². The normalized spacial score (nSPS) is 19.9. The van der Waals surface area contributed by atoms with Gasteiger partial charge < -0.3 is 10.2 Å². The van der Waals surface area contributed by atoms with Gasteiger partial charge in [0, 0.05) is 31.3 Å². The van der Waals surface area contributed by atoms with E-state index in [0.29, 0.717) is 13.1 Å². The number of carbonyl (C=O) groups is 2. The fraction of sp³-hybridized carbons (Fsp3) is 0.500. The highest BCUT2D eigenvalue weighted by Gasteiger charge is 2.45. The van der Waals surface area contributed by atoms with Crippen molar-refractivity contribution in [2.24, 2.45) is 0 Å². The lowest BCUT2D eigenvalue weighted by Gasteiger charge is -2.39. The van der Waals surface area contributed by atoms with Crippen LogP contribution in [0, 0.1) is 0 Å². The van der Waals surface area contributed by atoms with Gasteiger partial charge in [0.25, 0.3) is 5.24 Å². The Morgan fingerprint density at radius 3 is 2.58 bits per heavy atom. The third-order valence-corrected chi connectivity index (χ3v) is 6.07. The molecule has 1 N–H and O–H groups in total. The minimum atomic E-state index is -1.06. The Labute approximate surface area is 149 Å². The van der Waals surface area contributed by atoms with Crippen molar-refractivity contribution in [3.63, 3.8) is 0 Å². The molecule has 130 valence electrons. The zero-order chi connectivity index (χ0) is 17.3. The second kappa shape index (κ2) is 6.76. The molecule has 1 spiro atoms. The van der Waals surface area contributed by atoms with E-state index in [0.717, 1.165) is 25.1 Å². The number of carbonyl (C=O) groups excluding carboxylic acids is 2. The van der Waals surface area contributed by atoms with Gasteiger partial charge in [0.05, 0.1) is 12.2 Å². The maximum absolute atomic E-state index is 12.1. The number of fused-ring (bicyclic) bond motifs is 2. The number of likely N-dealkylation sites (tertiary alicyclic amines) is 1. The molecular formula is C16H21N3O3S2. The number of nitrogens with one attached hydrogen (secondary N) is 1. The van der Waals surface area contributed by atoms with Gasteiger partial charge in [0.2, 0.25) is 5.91 Å². The molecular weight excluding hydrogens is 346 g/mol. The fourth-order valence-electron chi connectivity index (χ4n) is 3.69. The molecule has 8 heteroatoms. The summed E-state index contributed by atoms with van der Waals surface area (Å²) in [4.78, 5) is 24.7. The van der Waals surface area contributed by atoms with E-state index in [4.69, 9.17) is 0 Å². The molecule has 6 nitrogen and oxygen atoms in total. The van der Waals surface area contributed by atoms with Gasteiger partial charge in [-0.25, -0.2) is 4.21 Å². The monoisotopic (exact) mass is 367 g/mol. The second-order valence-electron chi connectivity index (χ2n) is 6.30. The van der Waals surface area contributed by atoms with Crippen LogP contribution >= 0.6 is 12.6 Å². The van der Waals surface area contributed by atoms with Crippen molar-refractivity contribution < 1.29 is 13.8 Å². The van der Waals surface area contributed by atoms with Crippen LogP contribution in [-0.4, -0.2) is 52.7 Å². The number of rotatable bonds is 3. The molecule has 0 radical (unpaired) electrons. The van der Waals surface area contributed by atoms with Crippen molar-refractivity contribution in [2.75, 3.05) is 36.7 Å². The van der Waals surface area contributed by atoms with Gasteiger partial charge >= 0.3 is 0 Å². The molecule has 24 heavy (non-hydrogen) atoms. The summed E-state index contributed by atoms with van der Waals surface area (Å²) >= 11 is 3.61. The lowest BCUT2D eigenvalue weighted by molar-refractivity contribution is -0.131. The summed E-state index contributed by atoms with van der Waals surface area (Å²) < 4.78 is 14.0. The molecule has 0 bridgehead atoms. The highest BCUT2D eigenvalue weighted by molar-refractivity contribution is 7.96. The molecule has 1 aromatic rings. The molecule has 1 fully saturated rings. The van der Waals surface area contributed by atoms with Gasteiger partial charge in [-0.3, -0.25) is 13.9 Å². The fourth-order valence-corrected chi connectivity index (χ4v) is 4.63. The van der Waals surface area contributed by atoms with Crippen LogP contribution in [0.4, 0.5) is 10.5 Å². The maximum atomic E-state index is 12.1. The molecule has 3 rings (SSSR count). The third-order valence-electron chi connectivity index (χ3n) is 4.96. The van der Waals surface area contributed by atoms with Crippen molar-refractivity contribution in [3.05, 3.63) is 29.8 Å². The summed E-state index contributed by atoms with van der Waals surface area (Å²) in [7, 11) is -1.06. The largest absolute Gasteiger partial charge is 0.341 e. The summed E-state index contributed by atoms with van der Waals surface area (Å²) in [5.41, 5.74) is 2.22. The first-order chi connectivity index (χ1) is 11.4. The third kappa shape index (κ3) is 3.17. The quantitative estimate of drug-likeness (QED) is 0.791. The summed E-state index contributed by atoms with van der Waals surface area (Å²) in [5.74, 6) is -0.0885. The number of benzene rings is 1. The van der Waals surface area contributed by atoms with Gasteiger partial charge in [-0.1, -0.05) is 30.8 Å². The van der Waals surface area contributed by atoms with Crippen LogP contribution in [-0.2, 0) is 21.2 Å². The molecule has 2 aliphatic heterocycles. The van der Waals surface area contributed by atoms with Gasteiger partial charge in [-0.2, -0.15) is 0 Å². The van der Waals surface area contributed by atoms with Crippen molar-refractivity contribution >= 4 is 40.4 Å². The van der Waals surface area contributed by atoms with Gasteiger partial charge in [-0.05, 0) is 24.5 Å². The molecule has 1 saturated heterocycles. The molecule has 2 amide bonds. The standard InChI is InChI=1S/C16H21N3O3S2/c1-24(22)19-11-16(12-4-2-3-5-13(12)19)6-8-18(9-7-16)14(20)10-17-15(21)23/h2-5H,6-11H2,1H3,(H2,17,21,23). The lowest BCUT2D eigenvalue weighted by Crippen LogP contribution is -2.49. The number of amides is 2. The van der Waals surface area contributed by atoms with Gasteiger partial charge in [0.15, 0.2) is 0 Å². The number of thiol groups is 1. The Balaban J connectivity index is 1.73. The number of hydrogen-bond donors (Lipinski definition) is 2. The average molecular weight is 367 g/mol. The van der Waals surface area contributed by atoms with Crippen molar-refractivity contribution in [1.29, 1.82) is 0 Å². The second-order valence-corrected chi connectivity index (χ2v) is 7.99. The predicted molar refractivity (Wildman–Crippen MR) is 97.7 cm³/mol. The number of para-hydroxylation sites is 1. The van der Waals surface area contributed by atoms with E-state index in [1.165, 1.54) is 5.56 Å². The number of anilines is 1. The lowest BCUT2D eigenvalue weighted by atomic mass is 9.74. The zero-order valence-corrected chi connectivity index (χ0v) is 15.2. The first-order valence-electron chi connectivity index (χ1n) is 7.88. The van der Waals surface area contributed by atoms with E-state index in [1.807, 2.05) is 22.5 Å². The van der Waals surface area contributed by atoms with Crippen LogP contribution in [0.2, 0.25) is 0 Å². The molecule has 1 aromatic carbocycles. The van der Waals surface area contributed by atoms with Crippen molar-refractivity contribution in [1.82, 2.24) is 10.2 Å². The van der Waals surface area contributed by atoms with Crippen LogP contribution in [0.5, 0.6) is 0 Å². The molecule has 1 atom stereocenters. The first-order valence-corrected chi connectivity index (χ1v) is 9.84. The number of hydrogen-bond acceptors (Lipinski definition) is 3. The van der Waals surface area contributed by atoms with Crippen LogP contribution in [0.15, 0.2) is 24.3 Å². The minimum Gasteiger partial charge on any atom is -0.341 e. The van der Waals surface area contributed by atoms with Gasteiger partial charge in [-0.15, -0.1) is 0 Å². The van der Waals surface area contributed by atoms with E-state index in [-0.39, 0.29) is 17.9 Å². The van der Waals surface area contributed by atoms with E-state index >= 15 is 0 Å². The molecule has 0 saturated carbocycles. The van der Waals surface area contributed by atoms with Crippen molar-refractivity contribution in [2.45, 2.75) is 18.3 Å². The summed E-state index contributed by atoms with van der Waals surface area (Å²) in [6.45, 7) is 1.99. The molecule has 2 aliphatic rings. The Morgan fingerprint density at radius 2 is 1.96 bits per heavy atom. The average Bonchev–Trinajstić information content (AvgIpc) is 2.88. The zero-order valence-electron chi connectivity index (χ0n) is 13.5. The Kier molecular flexibility index (Phi) is 4.87. The smallest absolute Gasteiger partial charge is 0.276 e. The van der Waals surface area contributed by atoms with Crippen molar-refractivity contribution in [3.8, 4) is 0 Å². The SMILES string of the molecule is CS(=O)N1CC2(CCN(C(=O)CNC(=O)S)CC2)c2ccccc21. The minimum absolute atomic E-state index is 0.0168. The summed E-state index contributed by atoms with van der Waals surface area (Å²) in [6, 6.07) is 8.12. The van der Waals surface area contributed by atoms with Gasteiger partial charge in [0.1, 0.15) is 11.0 Å². The summed E-state index contributed by atoms with van der Waals surface area (Å²) in [5, 5.41) is 1.93. The van der Waals surface area contributed by atoms with E-state index in [2.05, 4.69) is 24.0 Å². The molecule has 0 aliphatic carbocycles. The first kappa shape index (κ1) is 17.3. The topological polar surface area (TPSA) is 69.7 Å². The predicted octanol–water partition coefficient (Wildman–Crippen LogP) is 1.30. The van der Waals surface area contributed by atoms with Crippen LogP contribution in [0.25, 0.3) is 0 Å². The Hall–Kier alpha value is -1.54. The van der Waals surface area contributed by atoms with Crippen LogP contribution in [0.1, 0.15) is 18.4 Å². The highest BCUT2D eigenvalue weighted by atomic mass is 32.2. The molecule has 2 heterocycles. The Bertz CT molecular complexity index is 687. The highest BCUT2D eigenvalue weighted by Crippen LogP contribution is 2.47. The Morgan fingerprint density at radius 1 is 1.29 bits per heavy atom. The number of piperidine rings is 1. The van der Waals surface area contributed by atoms with Crippen LogP contribution < -0.4 is 9.62 Å². The molecule has 1 unspecified atom stereocenters. The molecule has 0 aromatic heterocycles. The van der Waals surface area contributed by atoms with E-state index < -0.39 is 16.2 Å². The summed E-state index contributed by atoms with van der Waals surface area (Å²) in [6.07, 6.45) is 3.37. The van der Waals surface area contributed by atoms with E-state index in [1.54, 1.807) is 11.2 Å². The number of nitrogens with zero attached hydrogens (tertiary/aromatic N) is 2.